The molecule has 1 spiro atoms. The Morgan fingerprint density at radius 2 is 1.91 bits per heavy atom. The van der Waals surface area contributed by atoms with Gasteiger partial charge in [-0.2, -0.15) is 0 Å². The van der Waals surface area contributed by atoms with E-state index in [0.717, 1.165) is 12.7 Å². The number of esters is 2. The van der Waals surface area contributed by atoms with Crippen molar-refractivity contribution in [3.8, 4) is 11.5 Å². The zero-order valence-electron chi connectivity index (χ0n) is 24.7. The van der Waals surface area contributed by atoms with Gasteiger partial charge in [0.2, 0.25) is 6.29 Å². The first-order valence-electron chi connectivity index (χ1n) is 14.6. The molecule has 6 rings (SSSR count). The number of ether oxygens (including phenoxy) is 8. The molecule has 0 amide bonds. The Balaban J connectivity index is 1.29. The van der Waals surface area contributed by atoms with Gasteiger partial charge in [-0.15, -0.1) is 0 Å². The van der Waals surface area contributed by atoms with Gasteiger partial charge in [-0.3, -0.25) is 4.79 Å². The topological polar surface area (TPSA) is 186 Å². The molecule has 1 aromatic carbocycles. The molecule has 0 saturated carbocycles. The van der Waals surface area contributed by atoms with Crippen LogP contribution in [0.15, 0.2) is 53.8 Å². The molecule has 0 bridgehead atoms. The Morgan fingerprint density at radius 3 is 2.64 bits per heavy atom. The fourth-order valence-corrected chi connectivity index (χ4v) is 6.33. The van der Waals surface area contributed by atoms with Gasteiger partial charge in [0.25, 0.3) is 0 Å². The summed E-state index contributed by atoms with van der Waals surface area (Å²) < 4.78 is 45.2. The molecule has 1 unspecified atom stereocenters. The summed E-state index contributed by atoms with van der Waals surface area (Å²) in [7, 11) is 2.53. The first-order chi connectivity index (χ1) is 21.6. The zero-order chi connectivity index (χ0) is 32.0. The fourth-order valence-electron chi connectivity index (χ4n) is 6.33. The van der Waals surface area contributed by atoms with Crippen molar-refractivity contribution in [1.29, 1.82) is 0 Å². The standard InChI is InChI=1S/C31H34O14/c1-4-5-21-40-13-20-26(43-21)24(34)25(35)30(42-20)44-29-22-15(17(12-41-29)27(36)39-3)8-9-31(22)11-16(28(37)45-31)23(33)14-6-7-18(32)19(10-14)38-2/h6-12,15,20-22,24-26,29-30,32,34-35H,4-5,13H2,1-3H3/t15-,20-,21?,22-,24-,25-,26-,29+,30+,31-/m1/s1. The van der Waals surface area contributed by atoms with Crippen molar-refractivity contribution in [3.63, 3.8) is 0 Å². The van der Waals surface area contributed by atoms with E-state index >= 15 is 0 Å². The van der Waals surface area contributed by atoms with E-state index in [-0.39, 0.29) is 34.8 Å². The minimum Gasteiger partial charge on any atom is -0.504 e. The molecule has 0 radical (unpaired) electrons. The van der Waals surface area contributed by atoms with E-state index in [1.54, 1.807) is 6.08 Å². The number of aromatic hydroxyl groups is 1. The maximum absolute atomic E-state index is 13.4. The molecule has 2 fully saturated rings. The summed E-state index contributed by atoms with van der Waals surface area (Å²) in [6.45, 7) is 2.05. The van der Waals surface area contributed by atoms with Crippen LogP contribution >= 0.6 is 0 Å². The number of benzene rings is 1. The van der Waals surface area contributed by atoms with Gasteiger partial charge >= 0.3 is 11.9 Å². The first-order valence-corrected chi connectivity index (χ1v) is 14.6. The highest BCUT2D eigenvalue weighted by molar-refractivity contribution is 6.25. The van der Waals surface area contributed by atoms with E-state index < -0.39 is 78.4 Å². The molecule has 2 saturated heterocycles. The predicted molar refractivity (Wildman–Crippen MR) is 148 cm³/mol. The summed E-state index contributed by atoms with van der Waals surface area (Å²) in [4.78, 5) is 39.3. The zero-order valence-corrected chi connectivity index (χ0v) is 24.7. The highest BCUT2D eigenvalue weighted by Crippen LogP contribution is 2.51. The van der Waals surface area contributed by atoms with Crippen molar-refractivity contribution in [2.24, 2.45) is 11.8 Å². The van der Waals surface area contributed by atoms with E-state index in [4.69, 9.17) is 37.9 Å². The van der Waals surface area contributed by atoms with Gasteiger partial charge in [-0.25, -0.2) is 9.59 Å². The number of ketones is 1. The fraction of sp³-hybridized carbons (Fsp3) is 0.516. The molecule has 1 aromatic rings. The molecule has 45 heavy (non-hydrogen) atoms. The van der Waals surface area contributed by atoms with Crippen LogP contribution in [0.4, 0.5) is 0 Å². The summed E-state index contributed by atoms with van der Waals surface area (Å²) in [5, 5.41) is 31.9. The Morgan fingerprint density at radius 1 is 1.11 bits per heavy atom. The van der Waals surface area contributed by atoms with E-state index in [1.165, 1.54) is 44.6 Å². The lowest BCUT2D eigenvalue weighted by molar-refractivity contribution is -0.381. The van der Waals surface area contributed by atoms with Gasteiger partial charge < -0.3 is 53.2 Å². The van der Waals surface area contributed by atoms with E-state index in [9.17, 15) is 29.7 Å². The van der Waals surface area contributed by atoms with Gasteiger partial charge in [0.1, 0.15) is 30.0 Å². The van der Waals surface area contributed by atoms with E-state index in [0.29, 0.717) is 6.42 Å². The van der Waals surface area contributed by atoms with Crippen LogP contribution in [0.1, 0.15) is 30.1 Å². The lowest BCUT2D eigenvalue weighted by Crippen LogP contribution is -2.64. The number of Topliss-reactive ketones (excluding diaryl/α,β-unsaturated/α-hetero) is 1. The van der Waals surface area contributed by atoms with Gasteiger partial charge in [-0.05, 0) is 36.8 Å². The molecule has 1 aliphatic carbocycles. The van der Waals surface area contributed by atoms with Crippen molar-refractivity contribution in [3.05, 3.63) is 59.4 Å². The Kier molecular flexibility index (Phi) is 8.45. The molecule has 242 valence electrons. The number of methoxy groups -OCH3 is 2. The number of aliphatic hydroxyl groups is 2. The van der Waals surface area contributed by atoms with Crippen LogP contribution in [0.2, 0.25) is 0 Å². The maximum atomic E-state index is 13.4. The van der Waals surface area contributed by atoms with Crippen LogP contribution in [0.3, 0.4) is 0 Å². The summed E-state index contributed by atoms with van der Waals surface area (Å²) in [6.07, 6.45) is -0.834. The second-order valence-electron chi connectivity index (χ2n) is 11.3. The summed E-state index contributed by atoms with van der Waals surface area (Å²) in [5.41, 5.74) is -1.75. The lowest BCUT2D eigenvalue weighted by Gasteiger charge is -2.48. The Labute approximate surface area is 257 Å². The second kappa shape index (κ2) is 12.2. The molecule has 14 heteroatoms. The van der Waals surface area contributed by atoms with Crippen molar-refractivity contribution in [1.82, 2.24) is 0 Å². The summed E-state index contributed by atoms with van der Waals surface area (Å²) >= 11 is 0. The highest BCUT2D eigenvalue weighted by atomic mass is 16.8. The van der Waals surface area contributed by atoms with Crippen molar-refractivity contribution < 1.29 is 67.6 Å². The average molecular weight is 631 g/mol. The van der Waals surface area contributed by atoms with Crippen LogP contribution in [0, 0.1) is 11.8 Å². The molecular formula is C31H34O14. The van der Waals surface area contributed by atoms with Crippen LogP contribution in [0.5, 0.6) is 11.5 Å². The highest BCUT2D eigenvalue weighted by Gasteiger charge is 2.60. The molecule has 5 aliphatic rings. The number of aliphatic hydroxyl groups excluding tert-OH is 2. The van der Waals surface area contributed by atoms with Gasteiger partial charge in [0.15, 0.2) is 35.5 Å². The van der Waals surface area contributed by atoms with E-state index in [2.05, 4.69) is 0 Å². The molecule has 14 nitrogen and oxygen atoms in total. The third kappa shape index (κ3) is 5.41. The quantitative estimate of drug-likeness (QED) is 0.160. The number of rotatable bonds is 8. The average Bonchev–Trinajstić information content (AvgIpc) is 3.58. The number of carbonyl (C=O) groups is 3. The number of fused-ring (bicyclic) bond motifs is 3. The van der Waals surface area contributed by atoms with Crippen molar-refractivity contribution in [2.45, 2.75) is 68.7 Å². The Hall–Kier alpha value is -3.79. The molecule has 0 aromatic heterocycles. The smallest absolute Gasteiger partial charge is 0.343 e. The molecule has 4 aliphatic heterocycles. The number of phenolic OH excluding ortho intramolecular Hbond substituents is 1. The normalized spacial score (nSPS) is 36.7. The summed E-state index contributed by atoms with van der Waals surface area (Å²) in [5.74, 6) is -4.23. The predicted octanol–water partition coefficient (Wildman–Crippen LogP) is 1.03. The van der Waals surface area contributed by atoms with Crippen LogP contribution in [-0.4, -0.2) is 103 Å². The second-order valence-corrected chi connectivity index (χ2v) is 11.3. The molecular weight excluding hydrogens is 596 g/mol. The maximum Gasteiger partial charge on any atom is 0.343 e. The number of carbonyl (C=O) groups excluding carboxylic acids is 3. The minimum atomic E-state index is -1.61. The monoisotopic (exact) mass is 630 g/mol. The van der Waals surface area contributed by atoms with Crippen LogP contribution in [-0.2, 0) is 42.7 Å². The van der Waals surface area contributed by atoms with E-state index in [1.807, 2.05) is 6.92 Å². The molecule has 4 heterocycles. The van der Waals surface area contributed by atoms with Crippen LogP contribution in [0.25, 0.3) is 0 Å². The van der Waals surface area contributed by atoms with Crippen molar-refractivity contribution in [2.75, 3.05) is 20.8 Å². The number of allylic oxidation sites excluding steroid dienone is 1. The number of hydrogen-bond acceptors (Lipinski definition) is 14. The summed E-state index contributed by atoms with van der Waals surface area (Å²) in [6, 6.07) is 3.90. The molecule has 3 N–H and O–H groups in total. The third-order valence-corrected chi connectivity index (χ3v) is 8.61. The number of phenols is 1. The SMILES string of the molecule is CCCC1OC[C@H]2O[C@@H](O[C@@H]3OC=C(C(=O)OC)[C@H]4C=C[C@@]5(C=C(C(=O)c6ccc(O)c(OC)c6)C(=O)O5)[C@@H]34)[C@H](O)[C@@H](O)[C@@H]2O1. The van der Waals surface area contributed by atoms with Crippen molar-refractivity contribution >= 4 is 17.7 Å². The van der Waals surface area contributed by atoms with Gasteiger partial charge in [-0.1, -0.05) is 19.4 Å². The van der Waals surface area contributed by atoms with Gasteiger partial charge in [0, 0.05) is 11.5 Å². The minimum absolute atomic E-state index is 0.0375. The lowest BCUT2D eigenvalue weighted by atomic mass is 9.78. The van der Waals surface area contributed by atoms with Crippen LogP contribution < -0.4 is 4.74 Å². The third-order valence-electron chi connectivity index (χ3n) is 8.61. The van der Waals surface area contributed by atoms with Gasteiger partial charge in [0.05, 0.1) is 38.6 Å². The Bertz CT molecular complexity index is 1450. The molecule has 10 atom stereocenters. The first kappa shape index (κ1) is 31.2. The largest absolute Gasteiger partial charge is 0.504 e. The number of hydrogen-bond donors (Lipinski definition) is 3.